The summed E-state index contributed by atoms with van der Waals surface area (Å²) in [6, 6.07) is 9.08. The highest BCUT2D eigenvalue weighted by molar-refractivity contribution is 5.29. The molecule has 1 aliphatic rings. The van der Waals surface area contributed by atoms with Crippen molar-refractivity contribution in [2.24, 2.45) is 0 Å². The van der Waals surface area contributed by atoms with Gasteiger partial charge in [-0.25, -0.2) is 0 Å². The van der Waals surface area contributed by atoms with Gasteiger partial charge < -0.3 is 10.1 Å². The summed E-state index contributed by atoms with van der Waals surface area (Å²) < 4.78 is 5.63. The van der Waals surface area contributed by atoms with Gasteiger partial charge in [-0.05, 0) is 50.6 Å². The third-order valence-corrected chi connectivity index (χ3v) is 3.76. The van der Waals surface area contributed by atoms with Crippen molar-refractivity contribution in [2.75, 3.05) is 32.8 Å². The van der Waals surface area contributed by atoms with Crippen molar-refractivity contribution in [3.05, 3.63) is 29.8 Å². The largest absolute Gasteiger partial charge is 0.494 e. The van der Waals surface area contributed by atoms with Crippen LogP contribution in [-0.2, 0) is 0 Å². The molecule has 2 rings (SSSR count). The summed E-state index contributed by atoms with van der Waals surface area (Å²) in [6.07, 6.45) is 2.29. The fraction of sp³-hybridized carbons (Fsp3) is 0.625. The van der Waals surface area contributed by atoms with Crippen molar-refractivity contribution in [3.8, 4) is 5.75 Å². The minimum atomic E-state index is 0.486. The summed E-state index contributed by atoms with van der Waals surface area (Å²) in [5, 5.41) is 3.45. The van der Waals surface area contributed by atoms with Crippen molar-refractivity contribution in [1.82, 2.24) is 10.2 Å². The fourth-order valence-electron chi connectivity index (χ4n) is 2.53. The molecule has 106 valence electrons. The van der Waals surface area contributed by atoms with E-state index in [9.17, 15) is 0 Å². The first kappa shape index (κ1) is 14.4. The first-order valence-electron chi connectivity index (χ1n) is 7.49. The van der Waals surface area contributed by atoms with E-state index in [-0.39, 0.29) is 0 Å². The Balaban J connectivity index is 1.95. The third-order valence-electron chi connectivity index (χ3n) is 3.76. The molecule has 0 bridgehead atoms. The second kappa shape index (κ2) is 7.51. The Morgan fingerprint density at radius 2 is 2.00 bits per heavy atom. The molecule has 1 atom stereocenters. The molecule has 0 amide bonds. The molecule has 1 saturated heterocycles. The van der Waals surface area contributed by atoms with E-state index < -0.39 is 0 Å². The predicted octanol–water partition coefficient (Wildman–Crippen LogP) is 2.83. The van der Waals surface area contributed by atoms with E-state index in [2.05, 4.69) is 48.3 Å². The van der Waals surface area contributed by atoms with Crippen molar-refractivity contribution < 1.29 is 4.74 Å². The second-order valence-electron chi connectivity index (χ2n) is 5.23. The third kappa shape index (κ3) is 4.22. The molecule has 3 nitrogen and oxygen atoms in total. The molecule has 3 heteroatoms. The maximum Gasteiger partial charge on any atom is 0.119 e. The molecule has 0 spiro atoms. The molecule has 0 saturated carbocycles. The summed E-state index contributed by atoms with van der Waals surface area (Å²) in [7, 11) is 0. The molecule has 0 radical (unpaired) electrons. The maximum atomic E-state index is 5.63. The Hall–Kier alpha value is -1.06. The average molecular weight is 262 g/mol. The summed E-state index contributed by atoms with van der Waals surface area (Å²) in [5.74, 6) is 0.982. The van der Waals surface area contributed by atoms with E-state index in [1.807, 2.05) is 0 Å². The molecule has 1 heterocycles. The number of hydrogen-bond acceptors (Lipinski definition) is 3. The standard InChI is InChI=1S/C16H26N2O/c1-3-13-19-16-7-5-15(6-8-16)14(2)18-11-4-9-17-10-12-18/h5-8,14,17H,3-4,9-13H2,1-2H3. The Kier molecular flexibility index (Phi) is 5.67. The molecule has 1 fully saturated rings. The molecule has 19 heavy (non-hydrogen) atoms. The van der Waals surface area contributed by atoms with Gasteiger partial charge in [0, 0.05) is 19.1 Å². The van der Waals surface area contributed by atoms with Gasteiger partial charge in [-0.3, -0.25) is 4.90 Å². The molecule has 1 aromatic rings. The van der Waals surface area contributed by atoms with Crippen molar-refractivity contribution in [1.29, 1.82) is 0 Å². The van der Waals surface area contributed by atoms with Gasteiger partial charge in [0.15, 0.2) is 0 Å². The quantitative estimate of drug-likeness (QED) is 0.883. The zero-order valence-electron chi connectivity index (χ0n) is 12.2. The Bertz CT molecular complexity index is 356. The molecule has 0 aliphatic carbocycles. The minimum absolute atomic E-state index is 0.486. The first-order chi connectivity index (χ1) is 9.31. The van der Waals surface area contributed by atoms with Gasteiger partial charge in [-0.15, -0.1) is 0 Å². The van der Waals surface area contributed by atoms with Crippen LogP contribution >= 0.6 is 0 Å². The van der Waals surface area contributed by atoms with Crippen LogP contribution in [0.2, 0.25) is 0 Å². The van der Waals surface area contributed by atoms with E-state index >= 15 is 0 Å². The lowest BCUT2D eigenvalue weighted by Crippen LogP contribution is -2.30. The minimum Gasteiger partial charge on any atom is -0.494 e. The zero-order chi connectivity index (χ0) is 13.5. The molecule has 1 N–H and O–H groups in total. The Labute approximate surface area is 116 Å². The number of nitrogens with one attached hydrogen (secondary N) is 1. The Morgan fingerprint density at radius 1 is 1.21 bits per heavy atom. The number of nitrogens with zero attached hydrogens (tertiary/aromatic N) is 1. The number of hydrogen-bond donors (Lipinski definition) is 1. The van der Waals surface area contributed by atoms with E-state index in [0.717, 1.165) is 38.4 Å². The lowest BCUT2D eigenvalue weighted by Gasteiger charge is -2.27. The van der Waals surface area contributed by atoms with Crippen LogP contribution < -0.4 is 10.1 Å². The highest BCUT2D eigenvalue weighted by Gasteiger charge is 2.16. The van der Waals surface area contributed by atoms with Crippen LogP contribution in [0.1, 0.15) is 38.3 Å². The lowest BCUT2D eigenvalue weighted by atomic mass is 10.1. The topological polar surface area (TPSA) is 24.5 Å². The van der Waals surface area contributed by atoms with E-state index in [0.29, 0.717) is 6.04 Å². The van der Waals surface area contributed by atoms with Gasteiger partial charge >= 0.3 is 0 Å². The molecular weight excluding hydrogens is 236 g/mol. The monoisotopic (exact) mass is 262 g/mol. The van der Waals surface area contributed by atoms with Gasteiger partial charge in [0.25, 0.3) is 0 Å². The van der Waals surface area contributed by atoms with Gasteiger partial charge in [-0.1, -0.05) is 19.1 Å². The molecule has 1 unspecified atom stereocenters. The summed E-state index contributed by atoms with van der Waals surface area (Å²) in [4.78, 5) is 2.56. The number of rotatable bonds is 5. The molecule has 0 aromatic heterocycles. The molecule has 1 aliphatic heterocycles. The number of ether oxygens (including phenoxy) is 1. The summed E-state index contributed by atoms with van der Waals surface area (Å²) in [6.45, 7) is 9.79. The van der Waals surface area contributed by atoms with Crippen molar-refractivity contribution in [2.45, 2.75) is 32.7 Å². The van der Waals surface area contributed by atoms with Crippen LogP contribution in [0.3, 0.4) is 0 Å². The fourth-order valence-corrected chi connectivity index (χ4v) is 2.53. The summed E-state index contributed by atoms with van der Waals surface area (Å²) in [5.41, 5.74) is 1.38. The van der Waals surface area contributed by atoms with Gasteiger partial charge in [-0.2, -0.15) is 0 Å². The highest BCUT2D eigenvalue weighted by Crippen LogP contribution is 2.23. The normalized spacial score (nSPS) is 18.8. The molecule has 1 aromatic carbocycles. The van der Waals surface area contributed by atoms with Crippen LogP contribution in [0.15, 0.2) is 24.3 Å². The average Bonchev–Trinajstić information content (AvgIpc) is 2.74. The smallest absolute Gasteiger partial charge is 0.119 e. The second-order valence-corrected chi connectivity index (χ2v) is 5.23. The van der Waals surface area contributed by atoms with E-state index in [1.54, 1.807) is 0 Å². The van der Waals surface area contributed by atoms with Crippen LogP contribution in [-0.4, -0.2) is 37.7 Å². The van der Waals surface area contributed by atoms with Gasteiger partial charge in [0.05, 0.1) is 6.61 Å². The van der Waals surface area contributed by atoms with Crippen LogP contribution in [0, 0.1) is 0 Å². The highest BCUT2D eigenvalue weighted by atomic mass is 16.5. The predicted molar refractivity (Wildman–Crippen MR) is 79.7 cm³/mol. The van der Waals surface area contributed by atoms with Crippen molar-refractivity contribution in [3.63, 3.8) is 0 Å². The maximum absolute atomic E-state index is 5.63. The SMILES string of the molecule is CCCOc1ccc(C(C)N2CCCNCC2)cc1. The van der Waals surface area contributed by atoms with Gasteiger partial charge in [0.2, 0.25) is 0 Å². The van der Waals surface area contributed by atoms with E-state index in [1.165, 1.54) is 18.5 Å². The lowest BCUT2D eigenvalue weighted by molar-refractivity contribution is 0.225. The van der Waals surface area contributed by atoms with Crippen LogP contribution in [0.4, 0.5) is 0 Å². The zero-order valence-corrected chi connectivity index (χ0v) is 12.2. The van der Waals surface area contributed by atoms with Crippen molar-refractivity contribution >= 4 is 0 Å². The van der Waals surface area contributed by atoms with Crippen LogP contribution in [0.25, 0.3) is 0 Å². The van der Waals surface area contributed by atoms with E-state index in [4.69, 9.17) is 4.74 Å². The van der Waals surface area contributed by atoms with Crippen LogP contribution in [0.5, 0.6) is 5.75 Å². The Morgan fingerprint density at radius 3 is 2.74 bits per heavy atom. The summed E-state index contributed by atoms with van der Waals surface area (Å²) >= 11 is 0. The molecular formula is C16H26N2O. The first-order valence-corrected chi connectivity index (χ1v) is 7.49. The van der Waals surface area contributed by atoms with Gasteiger partial charge in [0.1, 0.15) is 5.75 Å². The number of benzene rings is 1.